The van der Waals surface area contributed by atoms with Gasteiger partial charge >= 0.3 is 5.97 Å². The number of aryl methyl sites for hydroxylation is 1. The zero-order valence-corrected chi connectivity index (χ0v) is 8.93. The van der Waals surface area contributed by atoms with Crippen LogP contribution in [0.3, 0.4) is 0 Å². The number of carbonyl (C=O) groups excluding carboxylic acids is 1. The van der Waals surface area contributed by atoms with E-state index in [1.54, 1.807) is 6.92 Å². The third kappa shape index (κ3) is 2.43. The summed E-state index contributed by atoms with van der Waals surface area (Å²) in [5, 5.41) is 2.76. The van der Waals surface area contributed by atoms with Crippen molar-refractivity contribution >= 4 is 11.8 Å². The van der Waals surface area contributed by atoms with E-state index in [0.29, 0.717) is 12.2 Å². The highest BCUT2D eigenvalue weighted by Gasteiger charge is 2.14. The summed E-state index contributed by atoms with van der Waals surface area (Å²) in [6.07, 6.45) is 0. The van der Waals surface area contributed by atoms with Crippen LogP contribution in [-0.4, -0.2) is 24.6 Å². The van der Waals surface area contributed by atoms with E-state index in [1.165, 1.54) is 7.11 Å². The van der Waals surface area contributed by atoms with Crippen LogP contribution in [0.4, 0.5) is 10.2 Å². The Balaban J connectivity index is 3.13. The van der Waals surface area contributed by atoms with Crippen molar-refractivity contribution < 1.29 is 13.9 Å². The van der Waals surface area contributed by atoms with Crippen molar-refractivity contribution in [1.29, 1.82) is 0 Å². The maximum absolute atomic E-state index is 13.4. The van der Waals surface area contributed by atoms with Gasteiger partial charge in [0.1, 0.15) is 0 Å². The molecular weight excluding hydrogens is 199 g/mol. The van der Waals surface area contributed by atoms with Gasteiger partial charge in [0, 0.05) is 6.54 Å². The fourth-order valence-electron chi connectivity index (χ4n) is 1.19. The average Bonchev–Trinajstić information content (AvgIpc) is 2.22. The molecule has 0 spiro atoms. The minimum Gasteiger partial charge on any atom is -0.465 e. The molecule has 0 unspecified atom stereocenters. The van der Waals surface area contributed by atoms with E-state index in [-0.39, 0.29) is 11.4 Å². The fourth-order valence-corrected chi connectivity index (χ4v) is 1.19. The Hall–Kier alpha value is -1.65. The van der Waals surface area contributed by atoms with Crippen LogP contribution in [0.1, 0.15) is 23.0 Å². The molecule has 0 atom stereocenters. The monoisotopic (exact) mass is 212 g/mol. The van der Waals surface area contributed by atoms with Crippen LogP contribution in [-0.2, 0) is 4.74 Å². The van der Waals surface area contributed by atoms with Crippen LogP contribution in [0.25, 0.3) is 0 Å². The summed E-state index contributed by atoms with van der Waals surface area (Å²) in [6.45, 7) is 4.04. The minimum atomic E-state index is -0.582. The minimum absolute atomic E-state index is 0.150. The molecule has 5 heteroatoms. The lowest BCUT2D eigenvalue weighted by molar-refractivity contribution is 0.0599. The summed E-state index contributed by atoms with van der Waals surface area (Å²) < 4.78 is 17.9. The molecule has 0 aliphatic rings. The third-order valence-electron chi connectivity index (χ3n) is 1.92. The van der Waals surface area contributed by atoms with Gasteiger partial charge in [-0.05, 0) is 19.9 Å². The highest BCUT2D eigenvalue weighted by Crippen LogP contribution is 2.16. The second kappa shape index (κ2) is 4.72. The first-order valence-corrected chi connectivity index (χ1v) is 4.59. The quantitative estimate of drug-likeness (QED) is 0.775. The molecule has 1 aromatic rings. The van der Waals surface area contributed by atoms with Crippen molar-refractivity contribution in [3.63, 3.8) is 0 Å². The Morgan fingerprint density at radius 2 is 2.33 bits per heavy atom. The maximum Gasteiger partial charge on any atom is 0.339 e. The van der Waals surface area contributed by atoms with Gasteiger partial charge in [-0.3, -0.25) is 0 Å². The standard InChI is InChI=1S/C10H13FN2O2/c1-4-12-9-8(11)5-7(6(2)13-9)10(14)15-3/h5H,4H2,1-3H3,(H,12,13). The molecule has 0 bridgehead atoms. The fraction of sp³-hybridized carbons (Fsp3) is 0.400. The van der Waals surface area contributed by atoms with Gasteiger partial charge < -0.3 is 10.1 Å². The Morgan fingerprint density at radius 3 is 2.87 bits per heavy atom. The smallest absolute Gasteiger partial charge is 0.339 e. The number of pyridine rings is 1. The third-order valence-corrected chi connectivity index (χ3v) is 1.92. The summed E-state index contributed by atoms with van der Waals surface area (Å²) in [4.78, 5) is 15.2. The van der Waals surface area contributed by atoms with E-state index in [1.807, 2.05) is 6.92 Å². The highest BCUT2D eigenvalue weighted by molar-refractivity contribution is 5.90. The first-order valence-electron chi connectivity index (χ1n) is 4.59. The van der Waals surface area contributed by atoms with Crippen molar-refractivity contribution in [2.24, 2.45) is 0 Å². The Morgan fingerprint density at radius 1 is 1.67 bits per heavy atom. The van der Waals surface area contributed by atoms with Gasteiger partial charge in [-0.2, -0.15) is 0 Å². The summed E-state index contributed by atoms with van der Waals surface area (Å²) >= 11 is 0. The molecule has 0 aliphatic carbocycles. The van der Waals surface area contributed by atoms with Crippen molar-refractivity contribution in [2.75, 3.05) is 19.0 Å². The van der Waals surface area contributed by atoms with Crippen LogP contribution >= 0.6 is 0 Å². The topological polar surface area (TPSA) is 51.2 Å². The Bertz CT molecular complexity index is 380. The van der Waals surface area contributed by atoms with Crippen LogP contribution < -0.4 is 5.32 Å². The lowest BCUT2D eigenvalue weighted by Crippen LogP contribution is -2.10. The normalized spacial score (nSPS) is 9.87. The predicted molar refractivity (Wildman–Crippen MR) is 54.4 cm³/mol. The zero-order valence-electron chi connectivity index (χ0n) is 8.93. The van der Waals surface area contributed by atoms with E-state index in [0.717, 1.165) is 6.07 Å². The Kier molecular flexibility index (Phi) is 3.60. The molecule has 1 heterocycles. The van der Waals surface area contributed by atoms with Crippen LogP contribution in [0, 0.1) is 12.7 Å². The van der Waals surface area contributed by atoms with Crippen LogP contribution in [0.5, 0.6) is 0 Å². The van der Waals surface area contributed by atoms with Gasteiger partial charge in [0.2, 0.25) is 0 Å². The molecular formula is C10H13FN2O2. The van der Waals surface area contributed by atoms with E-state index >= 15 is 0 Å². The van der Waals surface area contributed by atoms with Crippen molar-refractivity contribution in [2.45, 2.75) is 13.8 Å². The number of hydrogen-bond donors (Lipinski definition) is 1. The number of ether oxygens (including phenoxy) is 1. The molecule has 4 nitrogen and oxygen atoms in total. The van der Waals surface area contributed by atoms with Gasteiger partial charge in [-0.25, -0.2) is 14.2 Å². The van der Waals surface area contributed by atoms with Crippen molar-refractivity contribution in [3.05, 3.63) is 23.1 Å². The molecule has 0 fully saturated rings. The first kappa shape index (κ1) is 11.4. The second-order valence-electron chi connectivity index (χ2n) is 2.97. The van der Waals surface area contributed by atoms with Gasteiger partial charge in [-0.15, -0.1) is 0 Å². The molecule has 1 rings (SSSR count). The van der Waals surface area contributed by atoms with Crippen LogP contribution in [0.15, 0.2) is 6.07 Å². The van der Waals surface area contributed by atoms with Crippen LogP contribution in [0.2, 0.25) is 0 Å². The van der Waals surface area contributed by atoms with Gasteiger partial charge in [0.25, 0.3) is 0 Å². The highest BCUT2D eigenvalue weighted by atomic mass is 19.1. The molecule has 0 aromatic carbocycles. The number of rotatable bonds is 3. The van der Waals surface area contributed by atoms with E-state index in [4.69, 9.17) is 0 Å². The van der Waals surface area contributed by atoms with E-state index in [9.17, 15) is 9.18 Å². The largest absolute Gasteiger partial charge is 0.465 e. The number of halogens is 1. The molecule has 0 amide bonds. The number of aromatic nitrogens is 1. The number of hydrogen-bond acceptors (Lipinski definition) is 4. The lowest BCUT2D eigenvalue weighted by Gasteiger charge is -2.08. The molecule has 82 valence electrons. The number of nitrogens with one attached hydrogen (secondary N) is 1. The summed E-state index contributed by atoms with van der Waals surface area (Å²) in [5.74, 6) is -0.979. The molecule has 0 radical (unpaired) electrons. The Labute approximate surface area is 87.5 Å². The summed E-state index contributed by atoms with van der Waals surface area (Å²) in [6, 6.07) is 1.13. The number of nitrogens with zero attached hydrogens (tertiary/aromatic N) is 1. The molecule has 0 saturated carbocycles. The number of carbonyl (C=O) groups is 1. The van der Waals surface area contributed by atoms with Gasteiger partial charge in [0.15, 0.2) is 11.6 Å². The molecule has 0 saturated heterocycles. The molecule has 1 N–H and O–H groups in total. The predicted octanol–water partition coefficient (Wildman–Crippen LogP) is 1.75. The number of methoxy groups -OCH3 is 1. The van der Waals surface area contributed by atoms with Crippen molar-refractivity contribution in [1.82, 2.24) is 4.98 Å². The molecule has 15 heavy (non-hydrogen) atoms. The maximum atomic E-state index is 13.4. The molecule has 0 aliphatic heterocycles. The summed E-state index contributed by atoms with van der Waals surface area (Å²) in [7, 11) is 1.25. The number of anilines is 1. The van der Waals surface area contributed by atoms with Gasteiger partial charge in [0.05, 0.1) is 18.4 Å². The van der Waals surface area contributed by atoms with E-state index < -0.39 is 11.8 Å². The van der Waals surface area contributed by atoms with Crippen molar-refractivity contribution in [3.8, 4) is 0 Å². The average molecular weight is 212 g/mol. The first-order chi connectivity index (χ1) is 7.10. The number of esters is 1. The second-order valence-corrected chi connectivity index (χ2v) is 2.97. The molecule has 1 aromatic heterocycles. The zero-order chi connectivity index (χ0) is 11.4. The van der Waals surface area contributed by atoms with E-state index in [2.05, 4.69) is 15.0 Å². The SMILES string of the molecule is CCNc1nc(C)c(C(=O)OC)cc1F. The summed E-state index contributed by atoms with van der Waals surface area (Å²) in [5.41, 5.74) is 0.593. The lowest BCUT2D eigenvalue weighted by atomic mass is 10.2. The van der Waals surface area contributed by atoms with Gasteiger partial charge in [-0.1, -0.05) is 0 Å².